The summed E-state index contributed by atoms with van der Waals surface area (Å²) in [4.78, 5) is 11.5. The molecule has 0 bridgehead atoms. The third-order valence-electron chi connectivity index (χ3n) is 5.09. The Morgan fingerprint density at radius 3 is 2.66 bits per heavy atom. The molecule has 0 unspecified atom stereocenters. The van der Waals surface area contributed by atoms with Gasteiger partial charge in [-0.2, -0.15) is 13.2 Å². The monoisotopic (exact) mass is 467 g/mol. The van der Waals surface area contributed by atoms with Gasteiger partial charge in [0, 0.05) is 11.1 Å². The molecule has 0 spiro atoms. The zero-order valence-corrected chi connectivity index (χ0v) is 17.6. The normalized spacial score (nSPS) is 17.9. The van der Waals surface area contributed by atoms with Gasteiger partial charge in [0.05, 0.1) is 24.2 Å². The predicted octanol–water partition coefficient (Wildman–Crippen LogP) is 4.89. The topological polar surface area (TPSA) is 86.5 Å². The lowest BCUT2D eigenvalue weighted by Gasteiger charge is -2.23. The van der Waals surface area contributed by atoms with E-state index in [4.69, 9.17) is 21.1 Å². The van der Waals surface area contributed by atoms with E-state index in [1.165, 1.54) is 13.2 Å². The SMILES string of the molecule is COc1cccc([C@H]2O[C@H](CC(=O)O)c3nnc(C(F)(F)F)n3-c3ccc(C)cc32)c1Cl. The summed E-state index contributed by atoms with van der Waals surface area (Å²) >= 11 is 6.51. The molecule has 0 saturated carbocycles. The average Bonchev–Trinajstić information content (AvgIpc) is 3.12. The minimum Gasteiger partial charge on any atom is -0.495 e. The molecular weight excluding hydrogens is 451 g/mol. The third kappa shape index (κ3) is 3.80. The van der Waals surface area contributed by atoms with Crippen LogP contribution in [-0.4, -0.2) is 33.0 Å². The van der Waals surface area contributed by atoms with E-state index in [0.29, 0.717) is 16.9 Å². The van der Waals surface area contributed by atoms with Crippen LogP contribution in [0.2, 0.25) is 5.02 Å². The Morgan fingerprint density at radius 2 is 2.00 bits per heavy atom. The molecule has 2 aromatic carbocycles. The Labute approximate surface area is 185 Å². The second-order valence-electron chi connectivity index (χ2n) is 7.24. The standard InChI is InChI=1S/C21H17ClF3N3O4/c1-10-6-7-13-12(8-10)18(11-4-3-5-14(31-2)17(11)22)32-15(9-16(29)30)19-26-27-20(28(13)19)21(23,24)25/h3-8,15,18H,9H2,1-2H3,(H,29,30)/t15-,18-/m1/s1. The van der Waals surface area contributed by atoms with Crippen molar-refractivity contribution in [1.29, 1.82) is 0 Å². The van der Waals surface area contributed by atoms with Crippen molar-refractivity contribution in [3.63, 3.8) is 0 Å². The number of fused-ring (bicyclic) bond motifs is 3. The average molecular weight is 468 g/mol. The summed E-state index contributed by atoms with van der Waals surface area (Å²) in [5, 5.41) is 16.6. The van der Waals surface area contributed by atoms with Gasteiger partial charge in [0.15, 0.2) is 5.82 Å². The van der Waals surface area contributed by atoms with Gasteiger partial charge in [0.1, 0.15) is 18.0 Å². The maximum Gasteiger partial charge on any atom is 0.452 e. The molecule has 2 heterocycles. The first kappa shape index (κ1) is 22.1. The Kier molecular flexibility index (Phi) is 5.59. The number of hydrogen-bond donors (Lipinski definition) is 1. The number of aromatic nitrogens is 3. The zero-order chi connectivity index (χ0) is 23.2. The first-order chi connectivity index (χ1) is 15.1. The quantitative estimate of drug-likeness (QED) is 0.588. The van der Waals surface area contributed by atoms with Crippen molar-refractivity contribution in [3.05, 3.63) is 69.8 Å². The second kappa shape index (κ2) is 8.10. The van der Waals surface area contributed by atoms with Gasteiger partial charge in [-0.05, 0) is 19.1 Å². The molecule has 0 amide bonds. The van der Waals surface area contributed by atoms with Crippen molar-refractivity contribution >= 4 is 17.6 Å². The molecule has 1 aliphatic heterocycles. The van der Waals surface area contributed by atoms with Crippen LogP contribution in [0.5, 0.6) is 5.75 Å². The molecule has 168 valence electrons. The van der Waals surface area contributed by atoms with E-state index < -0.39 is 36.6 Å². The number of carboxylic acids is 1. The van der Waals surface area contributed by atoms with Crippen LogP contribution in [0.3, 0.4) is 0 Å². The summed E-state index contributed by atoms with van der Waals surface area (Å²) in [6.45, 7) is 1.78. The highest BCUT2D eigenvalue weighted by atomic mass is 35.5. The largest absolute Gasteiger partial charge is 0.495 e. The first-order valence-corrected chi connectivity index (χ1v) is 9.82. The van der Waals surface area contributed by atoms with E-state index in [9.17, 15) is 23.1 Å². The lowest BCUT2D eigenvalue weighted by molar-refractivity contribution is -0.146. The number of halogens is 4. The second-order valence-corrected chi connectivity index (χ2v) is 7.62. The van der Waals surface area contributed by atoms with Crippen LogP contribution in [0, 0.1) is 6.92 Å². The molecule has 32 heavy (non-hydrogen) atoms. The Morgan fingerprint density at radius 1 is 1.25 bits per heavy atom. The molecule has 11 heteroatoms. The van der Waals surface area contributed by atoms with Crippen LogP contribution < -0.4 is 4.74 Å². The number of aliphatic carboxylic acids is 1. The highest BCUT2D eigenvalue weighted by Crippen LogP contribution is 2.46. The third-order valence-corrected chi connectivity index (χ3v) is 5.50. The Hall–Kier alpha value is -3.11. The zero-order valence-electron chi connectivity index (χ0n) is 16.9. The predicted molar refractivity (Wildman–Crippen MR) is 107 cm³/mol. The number of carbonyl (C=O) groups is 1. The van der Waals surface area contributed by atoms with Gasteiger partial charge in [0.25, 0.3) is 0 Å². The molecule has 1 N–H and O–H groups in total. The molecule has 7 nitrogen and oxygen atoms in total. The van der Waals surface area contributed by atoms with Crippen LogP contribution in [0.4, 0.5) is 13.2 Å². The van der Waals surface area contributed by atoms with E-state index in [-0.39, 0.29) is 16.5 Å². The van der Waals surface area contributed by atoms with Crippen LogP contribution in [0.15, 0.2) is 36.4 Å². The fourth-order valence-corrected chi connectivity index (χ4v) is 4.04. The summed E-state index contributed by atoms with van der Waals surface area (Å²) in [7, 11) is 1.43. The number of carboxylic acid groups (broad SMARTS) is 1. The number of rotatable bonds is 4. The molecule has 0 fully saturated rings. The fraction of sp³-hybridized carbons (Fsp3) is 0.286. The minimum atomic E-state index is -4.82. The van der Waals surface area contributed by atoms with E-state index in [2.05, 4.69) is 10.2 Å². The smallest absolute Gasteiger partial charge is 0.452 e. The lowest BCUT2D eigenvalue weighted by Crippen LogP contribution is -2.17. The van der Waals surface area contributed by atoms with Gasteiger partial charge in [0.2, 0.25) is 5.82 Å². The van der Waals surface area contributed by atoms with E-state index >= 15 is 0 Å². The molecule has 0 radical (unpaired) electrons. The van der Waals surface area contributed by atoms with Crippen molar-refractivity contribution in [2.45, 2.75) is 31.7 Å². The number of ether oxygens (including phenoxy) is 2. The number of methoxy groups -OCH3 is 1. The summed E-state index contributed by atoms with van der Waals surface area (Å²) in [5.41, 5.74) is 1.66. The summed E-state index contributed by atoms with van der Waals surface area (Å²) in [6.07, 6.45) is -7.76. The van der Waals surface area contributed by atoms with Crippen LogP contribution >= 0.6 is 11.6 Å². The van der Waals surface area contributed by atoms with Crippen LogP contribution in [-0.2, 0) is 15.7 Å². The van der Waals surface area contributed by atoms with Crippen LogP contribution in [0.1, 0.15) is 47.0 Å². The highest BCUT2D eigenvalue weighted by molar-refractivity contribution is 6.32. The highest BCUT2D eigenvalue weighted by Gasteiger charge is 2.43. The summed E-state index contributed by atoms with van der Waals surface area (Å²) in [6, 6.07) is 9.76. The molecule has 0 saturated heterocycles. The van der Waals surface area contributed by atoms with Gasteiger partial charge < -0.3 is 14.6 Å². The summed E-state index contributed by atoms with van der Waals surface area (Å²) < 4.78 is 53.5. The van der Waals surface area contributed by atoms with E-state index in [0.717, 1.165) is 10.1 Å². The number of aryl methyl sites for hydroxylation is 1. The molecule has 2 atom stereocenters. The molecular formula is C21H17ClF3N3O4. The van der Waals surface area contributed by atoms with Gasteiger partial charge in [-0.3, -0.25) is 9.36 Å². The number of hydrogen-bond acceptors (Lipinski definition) is 5. The fourth-order valence-electron chi connectivity index (χ4n) is 3.74. The van der Waals surface area contributed by atoms with E-state index in [1.807, 2.05) is 0 Å². The molecule has 4 rings (SSSR count). The number of benzene rings is 2. The van der Waals surface area contributed by atoms with Crippen molar-refractivity contribution < 1.29 is 32.5 Å². The minimum absolute atomic E-state index is 0.125. The van der Waals surface area contributed by atoms with Gasteiger partial charge >= 0.3 is 12.1 Å². The van der Waals surface area contributed by atoms with E-state index in [1.54, 1.807) is 37.3 Å². The van der Waals surface area contributed by atoms with Crippen LogP contribution in [0.25, 0.3) is 5.69 Å². The maximum atomic E-state index is 13.8. The molecule has 1 aromatic heterocycles. The van der Waals surface area contributed by atoms with Gasteiger partial charge in [-0.15, -0.1) is 10.2 Å². The van der Waals surface area contributed by atoms with Gasteiger partial charge in [-0.25, -0.2) is 0 Å². The Balaban J connectivity index is 2.03. The Bertz CT molecular complexity index is 1200. The molecule has 0 aliphatic carbocycles. The maximum absolute atomic E-state index is 13.8. The van der Waals surface area contributed by atoms with Crippen molar-refractivity contribution in [2.75, 3.05) is 7.11 Å². The molecule has 3 aromatic rings. The summed E-state index contributed by atoms with van der Waals surface area (Å²) in [5.74, 6) is -2.45. The molecule has 1 aliphatic rings. The number of alkyl halides is 3. The first-order valence-electron chi connectivity index (χ1n) is 9.45. The van der Waals surface area contributed by atoms with Crippen molar-refractivity contribution in [1.82, 2.24) is 14.8 Å². The number of nitrogens with zero attached hydrogens (tertiary/aromatic N) is 3. The lowest BCUT2D eigenvalue weighted by atomic mass is 9.97. The van der Waals surface area contributed by atoms with Gasteiger partial charge in [-0.1, -0.05) is 41.4 Å². The van der Waals surface area contributed by atoms with Crippen molar-refractivity contribution in [2.24, 2.45) is 0 Å². The van der Waals surface area contributed by atoms with Crippen molar-refractivity contribution in [3.8, 4) is 11.4 Å².